The van der Waals surface area contributed by atoms with Crippen LogP contribution in [-0.4, -0.2) is 9.55 Å². The van der Waals surface area contributed by atoms with Crippen LogP contribution in [0.1, 0.15) is 35.4 Å². The maximum Gasteiger partial charge on any atom is 0.416 e. The van der Waals surface area contributed by atoms with Crippen LogP contribution in [0, 0.1) is 0 Å². The molecule has 0 aliphatic heterocycles. The van der Waals surface area contributed by atoms with Crippen LogP contribution in [0.25, 0.3) is 0 Å². The summed E-state index contributed by atoms with van der Waals surface area (Å²) in [5.41, 5.74) is 7.25. The summed E-state index contributed by atoms with van der Waals surface area (Å²) < 4.78 is 41.2. The molecule has 21 heavy (non-hydrogen) atoms. The Morgan fingerprint density at radius 2 is 1.95 bits per heavy atom. The molecule has 1 heterocycles. The number of halogens is 3. The number of fused-ring (bicyclic) bond motifs is 1. The van der Waals surface area contributed by atoms with Gasteiger partial charge in [-0.05, 0) is 43.4 Å². The molecule has 0 fully saturated rings. The van der Waals surface area contributed by atoms with Crippen molar-refractivity contribution in [2.45, 2.75) is 38.4 Å². The summed E-state index contributed by atoms with van der Waals surface area (Å²) in [6, 6.07) is 3.96. The molecular formula is C15H16F3N3. The van der Waals surface area contributed by atoms with Crippen molar-refractivity contribution < 1.29 is 13.2 Å². The lowest BCUT2D eigenvalue weighted by Gasteiger charge is -2.17. The van der Waals surface area contributed by atoms with E-state index in [2.05, 4.69) is 4.98 Å². The SMILES string of the molecule is Nc1ccc(Cn2cnc3c2CCCC3)c(C(F)(F)F)c1. The molecule has 1 aliphatic carbocycles. The molecule has 0 bridgehead atoms. The molecule has 1 aromatic carbocycles. The van der Waals surface area contributed by atoms with Crippen LogP contribution in [0.4, 0.5) is 18.9 Å². The first-order chi connectivity index (χ1) is 9.95. The molecule has 1 aliphatic rings. The molecule has 0 spiro atoms. The van der Waals surface area contributed by atoms with E-state index in [1.807, 2.05) is 4.57 Å². The number of nitrogens with two attached hydrogens (primary N) is 1. The van der Waals surface area contributed by atoms with E-state index in [-0.39, 0.29) is 17.8 Å². The van der Waals surface area contributed by atoms with Crippen molar-refractivity contribution in [3.8, 4) is 0 Å². The number of hydrogen-bond acceptors (Lipinski definition) is 2. The monoisotopic (exact) mass is 295 g/mol. The summed E-state index contributed by atoms with van der Waals surface area (Å²) in [7, 11) is 0. The summed E-state index contributed by atoms with van der Waals surface area (Å²) in [6.07, 6.45) is 1.20. The lowest BCUT2D eigenvalue weighted by atomic mass is 10.0. The molecule has 0 unspecified atom stereocenters. The summed E-state index contributed by atoms with van der Waals surface area (Å²) in [5.74, 6) is 0. The molecule has 2 N–H and O–H groups in total. The molecule has 0 atom stereocenters. The van der Waals surface area contributed by atoms with E-state index in [1.54, 1.807) is 6.33 Å². The van der Waals surface area contributed by atoms with Crippen LogP contribution in [0.2, 0.25) is 0 Å². The Hall–Kier alpha value is -1.98. The Kier molecular flexibility index (Phi) is 3.39. The molecule has 3 rings (SSSR count). The highest BCUT2D eigenvalue weighted by Gasteiger charge is 2.33. The minimum atomic E-state index is -4.40. The molecule has 0 amide bonds. The quantitative estimate of drug-likeness (QED) is 0.863. The normalized spacial score (nSPS) is 15.0. The number of rotatable bonds is 2. The predicted octanol–water partition coefficient (Wildman–Crippen LogP) is 3.41. The van der Waals surface area contributed by atoms with E-state index in [0.29, 0.717) is 0 Å². The van der Waals surface area contributed by atoms with E-state index in [4.69, 9.17) is 5.73 Å². The Morgan fingerprint density at radius 3 is 2.71 bits per heavy atom. The first-order valence-electron chi connectivity index (χ1n) is 6.93. The van der Waals surface area contributed by atoms with Gasteiger partial charge in [0.2, 0.25) is 0 Å². The van der Waals surface area contributed by atoms with Gasteiger partial charge in [-0.15, -0.1) is 0 Å². The number of imidazole rings is 1. The largest absolute Gasteiger partial charge is 0.416 e. The number of hydrogen-bond donors (Lipinski definition) is 1. The van der Waals surface area contributed by atoms with Gasteiger partial charge in [0.05, 0.1) is 17.6 Å². The molecule has 0 saturated heterocycles. The Bertz CT molecular complexity index is 659. The van der Waals surface area contributed by atoms with E-state index < -0.39 is 11.7 Å². The first-order valence-corrected chi connectivity index (χ1v) is 6.93. The van der Waals surface area contributed by atoms with Crippen molar-refractivity contribution in [1.82, 2.24) is 9.55 Å². The Labute approximate surface area is 120 Å². The smallest absolute Gasteiger partial charge is 0.399 e. The molecule has 112 valence electrons. The minimum absolute atomic E-state index is 0.124. The zero-order chi connectivity index (χ0) is 15.0. The zero-order valence-corrected chi connectivity index (χ0v) is 11.5. The number of nitrogens with zero attached hydrogens (tertiary/aromatic N) is 2. The second-order valence-electron chi connectivity index (χ2n) is 5.39. The average Bonchev–Trinajstić information content (AvgIpc) is 2.83. The van der Waals surface area contributed by atoms with Crippen molar-refractivity contribution in [1.29, 1.82) is 0 Å². The highest BCUT2D eigenvalue weighted by atomic mass is 19.4. The number of nitrogen functional groups attached to an aromatic ring is 1. The second-order valence-corrected chi connectivity index (χ2v) is 5.39. The number of anilines is 1. The van der Waals surface area contributed by atoms with Crippen molar-refractivity contribution in [3.63, 3.8) is 0 Å². The van der Waals surface area contributed by atoms with Gasteiger partial charge < -0.3 is 10.3 Å². The van der Waals surface area contributed by atoms with Crippen LogP contribution in [0.5, 0.6) is 0 Å². The highest BCUT2D eigenvalue weighted by Crippen LogP contribution is 2.34. The van der Waals surface area contributed by atoms with Gasteiger partial charge >= 0.3 is 6.18 Å². The van der Waals surface area contributed by atoms with E-state index in [1.165, 1.54) is 12.1 Å². The lowest BCUT2D eigenvalue weighted by Crippen LogP contribution is -2.14. The van der Waals surface area contributed by atoms with Crippen molar-refractivity contribution in [2.24, 2.45) is 0 Å². The summed E-state index contributed by atoms with van der Waals surface area (Å²) in [5, 5.41) is 0. The van der Waals surface area contributed by atoms with Gasteiger partial charge in [-0.3, -0.25) is 0 Å². The molecule has 2 aromatic rings. The average molecular weight is 295 g/mol. The summed E-state index contributed by atoms with van der Waals surface area (Å²) in [4.78, 5) is 4.32. The maximum atomic E-state index is 13.1. The standard InChI is InChI=1S/C15H16F3N3/c16-15(17,18)12-7-11(19)6-5-10(12)8-21-9-20-13-3-1-2-4-14(13)21/h5-7,9H,1-4,8,19H2. The fraction of sp³-hybridized carbons (Fsp3) is 0.400. The first kappa shape index (κ1) is 14.0. The fourth-order valence-electron chi connectivity index (χ4n) is 2.85. The Morgan fingerprint density at radius 1 is 1.19 bits per heavy atom. The van der Waals surface area contributed by atoms with Crippen molar-refractivity contribution >= 4 is 5.69 Å². The third kappa shape index (κ3) is 2.75. The van der Waals surface area contributed by atoms with Gasteiger partial charge in [0.1, 0.15) is 0 Å². The van der Waals surface area contributed by atoms with Gasteiger partial charge in [0.15, 0.2) is 0 Å². The van der Waals surface area contributed by atoms with Crippen molar-refractivity contribution in [2.75, 3.05) is 5.73 Å². The Balaban J connectivity index is 1.97. The van der Waals surface area contributed by atoms with E-state index in [9.17, 15) is 13.2 Å². The zero-order valence-electron chi connectivity index (χ0n) is 11.5. The molecular weight excluding hydrogens is 279 g/mol. The summed E-state index contributed by atoms with van der Waals surface area (Å²) >= 11 is 0. The molecule has 3 nitrogen and oxygen atoms in total. The molecule has 0 radical (unpaired) electrons. The van der Waals surface area contributed by atoms with Crippen LogP contribution in [0.3, 0.4) is 0 Å². The second kappa shape index (κ2) is 5.09. The van der Waals surface area contributed by atoms with Crippen LogP contribution >= 0.6 is 0 Å². The van der Waals surface area contributed by atoms with Gasteiger partial charge in [-0.1, -0.05) is 6.07 Å². The van der Waals surface area contributed by atoms with Crippen LogP contribution < -0.4 is 5.73 Å². The molecule has 0 saturated carbocycles. The number of aryl methyl sites for hydroxylation is 1. The fourth-order valence-corrected chi connectivity index (χ4v) is 2.85. The third-order valence-corrected chi connectivity index (χ3v) is 3.89. The predicted molar refractivity (Wildman–Crippen MR) is 73.8 cm³/mol. The lowest BCUT2D eigenvalue weighted by molar-refractivity contribution is -0.138. The van der Waals surface area contributed by atoms with Crippen LogP contribution in [-0.2, 0) is 25.6 Å². The minimum Gasteiger partial charge on any atom is -0.399 e. The van der Waals surface area contributed by atoms with Crippen molar-refractivity contribution in [3.05, 3.63) is 47.0 Å². The van der Waals surface area contributed by atoms with Gasteiger partial charge in [0.25, 0.3) is 0 Å². The number of aromatic nitrogens is 2. The van der Waals surface area contributed by atoms with Gasteiger partial charge in [-0.25, -0.2) is 4.98 Å². The topological polar surface area (TPSA) is 43.8 Å². The maximum absolute atomic E-state index is 13.1. The number of benzene rings is 1. The van der Waals surface area contributed by atoms with E-state index >= 15 is 0 Å². The van der Waals surface area contributed by atoms with E-state index in [0.717, 1.165) is 43.1 Å². The molecule has 6 heteroatoms. The highest BCUT2D eigenvalue weighted by molar-refractivity contribution is 5.46. The van der Waals surface area contributed by atoms with Gasteiger partial charge in [0, 0.05) is 17.9 Å². The molecule has 1 aromatic heterocycles. The van der Waals surface area contributed by atoms with Gasteiger partial charge in [-0.2, -0.15) is 13.2 Å². The van der Waals surface area contributed by atoms with Crippen LogP contribution in [0.15, 0.2) is 24.5 Å². The summed E-state index contributed by atoms with van der Waals surface area (Å²) in [6.45, 7) is 0.178. The number of alkyl halides is 3. The third-order valence-electron chi connectivity index (χ3n) is 3.89.